The lowest BCUT2D eigenvalue weighted by molar-refractivity contribution is -0.660. The van der Waals surface area contributed by atoms with Crippen molar-refractivity contribution < 1.29 is 30.1 Å². The molecule has 0 spiro atoms. The van der Waals surface area contributed by atoms with Crippen LogP contribution >= 0.6 is 0 Å². The van der Waals surface area contributed by atoms with Gasteiger partial charge in [-0.25, -0.2) is 4.57 Å². The minimum atomic E-state index is -4.92. The van der Waals surface area contributed by atoms with Gasteiger partial charge < -0.3 is 0 Å². The molecule has 0 aliphatic carbocycles. The number of alkyl halides is 3. The molecule has 3 aromatic rings. The van der Waals surface area contributed by atoms with Gasteiger partial charge in [0.15, 0.2) is 6.20 Å². The third-order valence-electron chi connectivity index (χ3n) is 4.66. The number of pyridine rings is 1. The molecule has 29 heavy (non-hydrogen) atoms. The summed E-state index contributed by atoms with van der Waals surface area (Å²) >= 11 is 0. The second-order valence-corrected chi connectivity index (χ2v) is 6.68. The number of aromatic nitrogens is 1. The number of aryl methyl sites for hydroxylation is 5. The van der Waals surface area contributed by atoms with Crippen LogP contribution < -0.4 is 4.57 Å². The van der Waals surface area contributed by atoms with Gasteiger partial charge in [-0.1, -0.05) is 12.1 Å². The van der Waals surface area contributed by atoms with Gasteiger partial charge in [-0.3, -0.25) is 0 Å². The summed E-state index contributed by atoms with van der Waals surface area (Å²) in [6.45, 7) is -6.87. The van der Waals surface area contributed by atoms with E-state index in [9.17, 15) is 13.2 Å². The van der Waals surface area contributed by atoms with Gasteiger partial charge in [0.05, 0.1) is 17.2 Å². The van der Waals surface area contributed by atoms with Gasteiger partial charge in [0, 0.05) is 29.5 Å². The minimum absolute atomic E-state index is 0.155. The van der Waals surface area contributed by atoms with Crippen LogP contribution in [0, 0.1) is 38.8 Å². The van der Waals surface area contributed by atoms with E-state index in [2.05, 4.69) is 0 Å². The summed E-state index contributed by atoms with van der Waals surface area (Å²) in [6.07, 6.45) is -3.79. The van der Waals surface area contributed by atoms with E-state index in [1.165, 1.54) is 30.7 Å². The van der Waals surface area contributed by atoms with E-state index >= 15 is 0 Å². The molecular formula is C24H22F3N2+. The number of nitrogens with zero attached hydrogens (tertiary/aromatic N) is 2. The van der Waals surface area contributed by atoms with Crippen LogP contribution in [-0.4, -0.2) is 0 Å². The average Bonchev–Trinajstić information content (AvgIpc) is 2.76. The quantitative estimate of drug-likeness (QED) is 0.484. The van der Waals surface area contributed by atoms with Crippen molar-refractivity contribution in [3.8, 4) is 28.5 Å². The predicted octanol–water partition coefficient (Wildman–Crippen LogP) is 5.97. The Hall–Kier alpha value is -3.13. The molecule has 0 saturated heterocycles. The highest BCUT2D eigenvalue weighted by atomic mass is 19.4. The molecule has 0 saturated carbocycles. The van der Waals surface area contributed by atoms with Crippen LogP contribution in [0.4, 0.5) is 13.2 Å². The lowest BCUT2D eigenvalue weighted by atomic mass is 9.89. The fraction of sp³-hybridized carbons (Fsp3) is 0.250. The summed E-state index contributed by atoms with van der Waals surface area (Å²) in [5.74, 6) is 0. The first kappa shape index (κ1) is 11.8. The highest BCUT2D eigenvalue weighted by molar-refractivity contribution is 5.78. The van der Waals surface area contributed by atoms with Crippen molar-refractivity contribution in [1.82, 2.24) is 0 Å². The Morgan fingerprint density at radius 1 is 0.897 bits per heavy atom. The number of halogens is 3. The molecule has 5 heteroatoms. The largest absolute Gasteiger partial charge is 0.417 e. The van der Waals surface area contributed by atoms with Crippen molar-refractivity contribution in [2.45, 2.75) is 33.7 Å². The molecule has 0 amide bonds. The molecule has 1 aromatic heterocycles. The zero-order chi connectivity index (χ0) is 29.0. The van der Waals surface area contributed by atoms with Crippen LogP contribution in [0.2, 0.25) is 0 Å². The van der Waals surface area contributed by atoms with Crippen molar-refractivity contribution in [3.63, 3.8) is 0 Å². The maximum Gasteiger partial charge on any atom is 0.417 e. The smallest absolute Gasteiger partial charge is 0.201 e. The molecule has 0 aliphatic heterocycles. The SMILES string of the molecule is [2H]C([2H])([2H])c1cc(C)c(-c2cc(C([2H])([2H])[2H])c(C([2H])([2H])[2H])c[n+]2C)cc1-c1ccc(C#N)cc1C(F)(F)F. The Kier molecular flexibility index (Phi) is 2.99. The van der Waals surface area contributed by atoms with Gasteiger partial charge in [0.1, 0.15) is 7.05 Å². The van der Waals surface area contributed by atoms with Crippen LogP contribution in [0.3, 0.4) is 0 Å². The van der Waals surface area contributed by atoms with E-state index in [0.717, 1.165) is 24.4 Å². The molecule has 0 fully saturated rings. The standard InChI is InChI=1S/C24H22F3N2/c1-14-9-23(29(5)13-17(14)4)21-11-20(15(2)8-16(21)3)19-7-6-18(12-28)10-22(19)24(25,26)27/h6-11,13H,1-5H3/q+1/i1D3,2D3,4D3. The molecule has 148 valence electrons. The van der Waals surface area contributed by atoms with Crippen LogP contribution in [0.25, 0.3) is 22.4 Å². The van der Waals surface area contributed by atoms with E-state index < -0.39 is 49.0 Å². The van der Waals surface area contributed by atoms with Crippen LogP contribution in [0.1, 0.15) is 45.7 Å². The third-order valence-corrected chi connectivity index (χ3v) is 4.66. The maximum atomic E-state index is 14.0. The summed E-state index contributed by atoms with van der Waals surface area (Å²) in [7, 11) is 1.45. The number of nitriles is 1. The van der Waals surface area contributed by atoms with Crippen molar-refractivity contribution in [3.05, 3.63) is 76.0 Å². The number of rotatable bonds is 2. The second-order valence-electron chi connectivity index (χ2n) is 6.68. The molecule has 2 aromatic carbocycles. The zero-order valence-corrected chi connectivity index (χ0v) is 15.6. The Morgan fingerprint density at radius 3 is 2.24 bits per heavy atom. The first-order valence-corrected chi connectivity index (χ1v) is 8.48. The Labute approximate surface area is 181 Å². The normalized spacial score (nSPS) is 17.3. The van der Waals surface area contributed by atoms with Gasteiger partial charge in [-0.15, -0.1) is 0 Å². The van der Waals surface area contributed by atoms with Crippen molar-refractivity contribution >= 4 is 0 Å². The Morgan fingerprint density at radius 2 is 1.62 bits per heavy atom. The molecule has 3 rings (SSSR count). The van der Waals surface area contributed by atoms with E-state index in [1.54, 1.807) is 6.07 Å². The number of hydrogen-bond acceptors (Lipinski definition) is 1. The summed E-state index contributed by atoms with van der Waals surface area (Å²) in [6, 6.07) is 8.02. The molecule has 0 aliphatic rings. The van der Waals surface area contributed by atoms with Crippen LogP contribution in [0.15, 0.2) is 42.6 Å². The third kappa shape index (κ3) is 3.88. The van der Waals surface area contributed by atoms with Gasteiger partial charge in [0.25, 0.3) is 0 Å². The fourth-order valence-corrected chi connectivity index (χ4v) is 3.21. The molecular weight excluding hydrogens is 373 g/mol. The predicted molar refractivity (Wildman–Crippen MR) is 107 cm³/mol. The number of benzene rings is 2. The van der Waals surface area contributed by atoms with Crippen LogP contribution in [-0.2, 0) is 13.2 Å². The summed E-state index contributed by atoms with van der Waals surface area (Å²) < 4.78 is 114. The highest BCUT2D eigenvalue weighted by Gasteiger charge is 2.34. The first-order valence-electron chi connectivity index (χ1n) is 13.0. The lowest BCUT2D eigenvalue weighted by Crippen LogP contribution is -2.31. The van der Waals surface area contributed by atoms with E-state index in [4.69, 9.17) is 17.6 Å². The first-order chi connectivity index (χ1) is 17.2. The molecule has 2 nitrogen and oxygen atoms in total. The molecule has 1 heterocycles. The maximum absolute atomic E-state index is 14.0. The second kappa shape index (κ2) is 7.36. The number of hydrogen-bond donors (Lipinski definition) is 0. The zero-order valence-electron chi connectivity index (χ0n) is 24.6. The van der Waals surface area contributed by atoms with Gasteiger partial charge in [-0.2, -0.15) is 18.4 Å². The van der Waals surface area contributed by atoms with Gasteiger partial charge >= 0.3 is 6.18 Å². The van der Waals surface area contributed by atoms with E-state index in [-0.39, 0.29) is 27.9 Å². The molecule has 0 bridgehead atoms. The summed E-state index contributed by atoms with van der Waals surface area (Å²) in [5.41, 5.74) is -2.78. The van der Waals surface area contributed by atoms with Crippen LogP contribution in [0.5, 0.6) is 0 Å². The van der Waals surface area contributed by atoms with E-state index in [0.29, 0.717) is 11.6 Å². The summed E-state index contributed by atoms with van der Waals surface area (Å²) in [5, 5.41) is 9.11. The Bertz CT molecular complexity index is 1450. The van der Waals surface area contributed by atoms with Crippen molar-refractivity contribution in [2.24, 2.45) is 7.05 Å². The topological polar surface area (TPSA) is 27.7 Å². The Balaban J connectivity index is 2.47. The lowest BCUT2D eigenvalue weighted by Gasteiger charge is -2.17. The highest BCUT2D eigenvalue weighted by Crippen LogP contribution is 2.40. The fourth-order valence-electron chi connectivity index (χ4n) is 3.21. The minimum Gasteiger partial charge on any atom is -0.201 e. The molecule has 0 N–H and O–H groups in total. The van der Waals surface area contributed by atoms with Gasteiger partial charge in [-0.05, 0) is 73.5 Å². The van der Waals surface area contributed by atoms with Gasteiger partial charge in [0.2, 0.25) is 5.69 Å². The molecule has 0 unspecified atom stereocenters. The molecule has 0 radical (unpaired) electrons. The monoisotopic (exact) mass is 404 g/mol. The molecule has 0 atom stereocenters. The van der Waals surface area contributed by atoms with E-state index in [1.807, 2.05) is 0 Å². The average molecular weight is 405 g/mol. The van der Waals surface area contributed by atoms with Crippen molar-refractivity contribution in [2.75, 3.05) is 0 Å². The summed E-state index contributed by atoms with van der Waals surface area (Å²) in [4.78, 5) is 0. The van der Waals surface area contributed by atoms with Crippen molar-refractivity contribution in [1.29, 1.82) is 5.26 Å².